The fraction of sp³-hybridized carbons (Fsp3) is 0.375. The average Bonchev–Trinajstić information content (AvgIpc) is 2.03. The molecule has 1 aromatic rings. The molecule has 3 heteroatoms. The van der Waals surface area contributed by atoms with Gasteiger partial charge in [0.05, 0.1) is 17.7 Å². The van der Waals surface area contributed by atoms with Crippen LogP contribution in [0.1, 0.15) is 24.4 Å². The Kier molecular flexibility index (Phi) is 2.17. The molecular weight excluding hydrogens is 138 g/mol. The fourth-order valence-corrected chi connectivity index (χ4v) is 0.782. The van der Waals surface area contributed by atoms with Crippen molar-refractivity contribution in [2.24, 2.45) is 0 Å². The normalized spacial score (nSPS) is 12.1. The lowest BCUT2D eigenvalue weighted by molar-refractivity contribution is 0.879. The zero-order valence-electron chi connectivity index (χ0n) is 6.57. The number of aryl methyl sites for hydroxylation is 1. The van der Waals surface area contributed by atoms with E-state index in [9.17, 15) is 0 Å². The standard InChI is InChI=1S/C8H9N3/c1-6(5-9)8-3-4-10-7(2)11-8/h3-4,6H,1-2H3. The summed E-state index contributed by atoms with van der Waals surface area (Å²) in [5, 5.41) is 8.57. The molecule has 56 valence electrons. The number of rotatable bonds is 1. The Labute approximate surface area is 65.7 Å². The smallest absolute Gasteiger partial charge is 0.125 e. The van der Waals surface area contributed by atoms with Gasteiger partial charge in [-0.15, -0.1) is 0 Å². The molecule has 0 bridgehead atoms. The first-order valence-corrected chi connectivity index (χ1v) is 3.43. The first-order valence-electron chi connectivity index (χ1n) is 3.43. The molecule has 0 fully saturated rings. The summed E-state index contributed by atoms with van der Waals surface area (Å²) in [6.07, 6.45) is 1.67. The van der Waals surface area contributed by atoms with Crippen LogP contribution in [0.4, 0.5) is 0 Å². The Bertz CT molecular complexity index is 288. The molecule has 0 saturated carbocycles. The Morgan fingerprint density at radius 1 is 1.64 bits per heavy atom. The predicted molar refractivity (Wildman–Crippen MR) is 40.8 cm³/mol. The summed E-state index contributed by atoms with van der Waals surface area (Å²) in [5.74, 6) is 0.571. The van der Waals surface area contributed by atoms with Crippen molar-refractivity contribution in [3.8, 4) is 6.07 Å². The van der Waals surface area contributed by atoms with Gasteiger partial charge in [-0.2, -0.15) is 5.26 Å². The van der Waals surface area contributed by atoms with Gasteiger partial charge in [0.2, 0.25) is 0 Å². The monoisotopic (exact) mass is 147 g/mol. The molecule has 0 amide bonds. The van der Waals surface area contributed by atoms with Crippen molar-refractivity contribution in [2.45, 2.75) is 19.8 Å². The summed E-state index contributed by atoms with van der Waals surface area (Å²) in [6, 6.07) is 3.88. The molecule has 0 saturated heterocycles. The maximum Gasteiger partial charge on any atom is 0.125 e. The minimum atomic E-state index is -0.142. The summed E-state index contributed by atoms with van der Waals surface area (Å²) in [6.45, 7) is 3.63. The number of nitrogens with zero attached hydrogens (tertiary/aromatic N) is 3. The predicted octanol–water partition coefficient (Wildman–Crippen LogP) is 1.41. The van der Waals surface area contributed by atoms with Crippen molar-refractivity contribution in [1.82, 2.24) is 9.97 Å². The summed E-state index contributed by atoms with van der Waals surface area (Å²) < 4.78 is 0. The summed E-state index contributed by atoms with van der Waals surface area (Å²) >= 11 is 0. The van der Waals surface area contributed by atoms with Crippen LogP contribution < -0.4 is 0 Å². The molecule has 0 spiro atoms. The quantitative estimate of drug-likeness (QED) is 0.603. The third-order valence-electron chi connectivity index (χ3n) is 1.43. The Morgan fingerprint density at radius 2 is 2.36 bits per heavy atom. The zero-order valence-corrected chi connectivity index (χ0v) is 6.57. The Morgan fingerprint density at radius 3 is 2.91 bits per heavy atom. The van der Waals surface area contributed by atoms with E-state index in [1.807, 2.05) is 13.8 Å². The second kappa shape index (κ2) is 3.11. The summed E-state index contributed by atoms with van der Waals surface area (Å²) in [4.78, 5) is 8.05. The van der Waals surface area contributed by atoms with Crippen molar-refractivity contribution < 1.29 is 0 Å². The molecule has 0 aliphatic rings. The molecule has 11 heavy (non-hydrogen) atoms. The van der Waals surface area contributed by atoms with Crippen LogP contribution in [0.2, 0.25) is 0 Å². The van der Waals surface area contributed by atoms with E-state index in [0.29, 0.717) is 5.82 Å². The molecule has 1 atom stereocenters. The number of hydrogen-bond donors (Lipinski definition) is 0. The maximum absolute atomic E-state index is 8.57. The molecule has 0 aliphatic heterocycles. The zero-order chi connectivity index (χ0) is 8.27. The second-order valence-electron chi connectivity index (χ2n) is 2.38. The van der Waals surface area contributed by atoms with Crippen LogP contribution in [0.5, 0.6) is 0 Å². The first-order chi connectivity index (χ1) is 5.24. The lowest BCUT2D eigenvalue weighted by atomic mass is 10.1. The SMILES string of the molecule is Cc1nccc(C(C)C#N)n1. The molecule has 0 N–H and O–H groups in total. The molecule has 3 nitrogen and oxygen atoms in total. The van der Waals surface area contributed by atoms with Crippen LogP contribution in [0.25, 0.3) is 0 Å². The van der Waals surface area contributed by atoms with Gasteiger partial charge in [-0.3, -0.25) is 0 Å². The molecule has 1 aromatic heterocycles. The largest absolute Gasteiger partial charge is 0.242 e. The highest BCUT2D eigenvalue weighted by molar-refractivity contribution is 5.13. The highest BCUT2D eigenvalue weighted by Gasteiger charge is 2.04. The molecule has 1 heterocycles. The first kappa shape index (κ1) is 7.67. The van der Waals surface area contributed by atoms with Gasteiger partial charge >= 0.3 is 0 Å². The maximum atomic E-state index is 8.57. The number of nitriles is 1. The highest BCUT2D eigenvalue weighted by atomic mass is 14.9. The average molecular weight is 147 g/mol. The van der Waals surface area contributed by atoms with E-state index >= 15 is 0 Å². The van der Waals surface area contributed by atoms with E-state index < -0.39 is 0 Å². The van der Waals surface area contributed by atoms with Crippen LogP contribution in [-0.4, -0.2) is 9.97 Å². The molecular formula is C8H9N3. The lowest BCUT2D eigenvalue weighted by Crippen LogP contribution is -1.96. The van der Waals surface area contributed by atoms with Crippen LogP contribution in [-0.2, 0) is 0 Å². The van der Waals surface area contributed by atoms with Gasteiger partial charge in [0, 0.05) is 6.20 Å². The van der Waals surface area contributed by atoms with Crippen molar-refractivity contribution >= 4 is 0 Å². The van der Waals surface area contributed by atoms with Crippen LogP contribution in [0.15, 0.2) is 12.3 Å². The van der Waals surface area contributed by atoms with E-state index in [0.717, 1.165) is 5.69 Å². The van der Waals surface area contributed by atoms with Gasteiger partial charge < -0.3 is 0 Å². The molecule has 0 aliphatic carbocycles. The van der Waals surface area contributed by atoms with Gasteiger partial charge in [0.15, 0.2) is 0 Å². The van der Waals surface area contributed by atoms with Crippen molar-refractivity contribution in [1.29, 1.82) is 5.26 Å². The van der Waals surface area contributed by atoms with E-state index in [4.69, 9.17) is 5.26 Å². The summed E-state index contributed by atoms with van der Waals surface area (Å²) in [7, 11) is 0. The van der Waals surface area contributed by atoms with Crippen LogP contribution in [0, 0.1) is 18.3 Å². The molecule has 0 radical (unpaired) electrons. The van der Waals surface area contributed by atoms with Crippen LogP contribution in [0.3, 0.4) is 0 Å². The van der Waals surface area contributed by atoms with Crippen LogP contribution >= 0.6 is 0 Å². The fourth-order valence-electron chi connectivity index (χ4n) is 0.782. The van der Waals surface area contributed by atoms with E-state index in [-0.39, 0.29) is 5.92 Å². The third-order valence-corrected chi connectivity index (χ3v) is 1.43. The third kappa shape index (κ3) is 1.74. The van der Waals surface area contributed by atoms with Gasteiger partial charge in [-0.25, -0.2) is 9.97 Å². The summed E-state index contributed by atoms with van der Waals surface area (Å²) in [5.41, 5.74) is 0.792. The van der Waals surface area contributed by atoms with E-state index in [2.05, 4.69) is 16.0 Å². The Hall–Kier alpha value is -1.43. The van der Waals surface area contributed by atoms with Gasteiger partial charge in [0.1, 0.15) is 5.82 Å². The van der Waals surface area contributed by atoms with E-state index in [1.54, 1.807) is 12.3 Å². The van der Waals surface area contributed by atoms with Crippen molar-refractivity contribution in [2.75, 3.05) is 0 Å². The van der Waals surface area contributed by atoms with Gasteiger partial charge in [-0.05, 0) is 19.9 Å². The van der Waals surface area contributed by atoms with Gasteiger partial charge in [-0.1, -0.05) is 0 Å². The van der Waals surface area contributed by atoms with Crippen molar-refractivity contribution in [3.63, 3.8) is 0 Å². The minimum Gasteiger partial charge on any atom is -0.242 e. The van der Waals surface area contributed by atoms with Gasteiger partial charge in [0.25, 0.3) is 0 Å². The minimum absolute atomic E-state index is 0.142. The second-order valence-corrected chi connectivity index (χ2v) is 2.38. The molecule has 1 unspecified atom stereocenters. The highest BCUT2D eigenvalue weighted by Crippen LogP contribution is 2.09. The Balaban J connectivity index is 2.98. The van der Waals surface area contributed by atoms with E-state index in [1.165, 1.54) is 0 Å². The van der Waals surface area contributed by atoms with Crippen molar-refractivity contribution in [3.05, 3.63) is 23.8 Å². The lowest BCUT2D eigenvalue weighted by Gasteiger charge is -2.00. The number of hydrogen-bond acceptors (Lipinski definition) is 3. The molecule has 1 rings (SSSR count). The topological polar surface area (TPSA) is 49.6 Å². The molecule has 0 aromatic carbocycles. The number of aromatic nitrogens is 2.